The summed E-state index contributed by atoms with van der Waals surface area (Å²) in [5.74, 6) is -0.148. The molecule has 0 aliphatic heterocycles. The molecule has 1 N–H and O–H groups in total. The average Bonchev–Trinajstić information content (AvgIpc) is 2.63. The monoisotopic (exact) mass is 228 g/mol. The summed E-state index contributed by atoms with van der Waals surface area (Å²) >= 11 is 0. The van der Waals surface area contributed by atoms with Gasteiger partial charge >= 0.3 is 6.18 Å². The van der Waals surface area contributed by atoms with E-state index in [1.165, 1.54) is 24.5 Å². The normalized spacial score (nSPS) is 11.7. The second-order valence-electron chi connectivity index (χ2n) is 3.21. The third-order valence-electron chi connectivity index (χ3n) is 2.10. The first-order chi connectivity index (χ1) is 7.48. The smallest absolute Gasteiger partial charge is 0.416 e. The molecule has 0 bridgehead atoms. The van der Waals surface area contributed by atoms with Gasteiger partial charge in [-0.1, -0.05) is 12.1 Å². The van der Waals surface area contributed by atoms with Crippen molar-refractivity contribution in [3.05, 3.63) is 42.2 Å². The van der Waals surface area contributed by atoms with Crippen LogP contribution >= 0.6 is 0 Å². The molecule has 0 saturated carbocycles. The Morgan fingerprint density at radius 1 is 1.12 bits per heavy atom. The summed E-state index contributed by atoms with van der Waals surface area (Å²) in [5.41, 5.74) is -0.585. The molecule has 0 fully saturated rings. The first-order valence-corrected chi connectivity index (χ1v) is 4.42. The standard InChI is InChI=1S/C11H7F3O2/c12-11(13,14)8-3-1-2-7(6-8)10-9(15)4-5-16-10/h1-6,15H. The third-order valence-corrected chi connectivity index (χ3v) is 2.10. The molecule has 0 amide bonds. The van der Waals surface area contributed by atoms with Gasteiger partial charge in [0.15, 0.2) is 11.5 Å². The van der Waals surface area contributed by atoms with Gasteiger partial charge in [0, 0.05) is 11.6 Å². The minimum absolute atomic E-state index is 0.0334. The number of furan rings is 1. The number of alkyl halides is 3. The van der Waals surface area contributed by atoms with Crippen LogP contribution in [-0.2, 0) is 6.18 Å². The summed E-state index contributed by atoms with van der Waals surface area (Å²) in [6.07, 6.45) is -3.19. The van der Waals surface area contributed by atoms with Gasteiger partial charge in [-0.05, 0) is 12.1 Å². The maximum atomic E-state index is 12.4. The second kappa shape index (κ2) is 3.59. The molecule has 2 nitrogen and oxygen atoms in total. The first-order valence-electron chi connectivity index (χ1n) is 4.42. The molecule has 2 aromatic rings. The van der Waals surface area contributed by atoms with Crippen molar-refractivity contribution in [2.75, 3.05) is 0 Å². The summed E-state index contributed by atoms with van der Waals surface area (Å²) in [6, 6.07) is 5.87. The molecule has 0 atom stereocenters. The molecule has 0 aliphatic carbocycles. The third kappa shape index (κ3) is 1.88. The lowest BCUT2D eigenvalue weighted by Gasteiger charge is -2.07. The molecular weight excluding hydrogens is 221 g/mol. The lowest BCUT2D eigenvalue weighted by atomic mass is 10.1. The van der Waals surface area contributed by atoms with Crippen LogP contribution in [-0.4, -0.2) is 5.11 Å². The Kier molecular flexibility index (Phi) is 2.38. The van der Waals surface area contributed by atoms with Crippen molar-refractivity contribution in [2.45, 2.75) is 6.18 Å². The number of halogens is 3. The molecule has 0 unspecified atom stereocenters. The summed E-state index contributed by atoms with van der Waals surface area (Å²) in [4.78, 5) is 0. The molecule has 1 aromatic heterocycles. The SMILES string of the molecule is Oc1ccoc1-c1cccc(C(F)(F)F)c1. The second-order valence-corrected chi connectivity index (χ2v) is 3.21. The Bertz CT molecular complexity index is 500. The van der Waals surface area contributed by atoms with Crippen molar-refractivity contribution in [1.82, 2.24) is 0 Å². The minimum atomic E-state index is -4.40. The fourth-order valence-corrected chi connectivity index (χ4v) is 1.36. The maximum absolute atomic E-state index is 12.4. The first kappa shape index (κ1) is 10.6. The van der Waals surface area contributed by atoms with E-state index in [9.17, 15) is 18.3 Å². The summed E-state index contributed by atoms with van der Waals surface area (Å²) < 4.78 is 42.2. The number of aromatic hydroxyl groups is 1. The van der Waals surface area contributed by atoms with Crippen LogP contribution in [0.3, 0.4) is 0 Å². The Hall–Kier alpha value is -1.91. The van der Waals surface area contributed by atoms with Gasteiger partial charge in [-0.25, -0.2) is 0 Å². The van der Waals surface area contributed by atoms with Crippen LogP contribution in [0.15, 0.2) is 41.0 Å². The molecule has 84 valence electrons. The zero-order chi connectivity index (χ0) is 11.8. The molecule has 0 radical (unpaired) electrons. The molecule has 0 spiro atoms. The van der Waals surface area contributed by atoms with E-state index in [2.05, 4.69) is 0 Å². The average molecular weight is 228 g/mol. The van der Waals surface area contributed by atoms with Gasteiger partial charge in [-0.3, -0.25) is 0 Å². The van der Waals surface area contributed by atoms with Gasteiger partial charge in [0.2, 0.25) is 0 Å². The highest BCUT2D eigenvalue weighted by Crippen LogP contribution is 2.35. The Morgan fingerprint density at radius 2 is 1.88 bits per heavy atom. The molecule has 5 heteroatoms. The Balaban J connectivity index is 2.49. The van der Waals surface area contributed by atoms with Crippen LogP contribution in [0.25, 0.3) is 11.3 Å². The van der Waals surface area contributed by atoms with Crippen molar-refractivity contribution in [1.29, 1.82) is 0 Å². The molecule has 1 heterocycles. The molecule has 1 aromatic carbocycles. The fraction of sp³-hybridized carbons (Fsp3) is 0.0909. The maximum Gasteiger partial charge on any atom is 0.416 e. The lowest BCUT2D eigenvalue weighted by Crippen LogP contribution is -2.04. The van der Waals surface area contributed by atoms with Crippen molar-refractivity contribution >= 4 is 0 Å². The van der Waals surface area contributed by atoms with E-state index in [1.807, 2.05) is 0 Å². The van der Waals surface area contributed by atoms with Gasteiger partial charge in [-0.15, -0.1) is 0 Å². The Labute approximate surface area is 88.9 Å². The molecule has 0 aliphatic rings. The van der Waals surface area contributed by atoms with E-state index in [0.717, 1.165) is 12.1 Å². The Morgan fingerprint density at radius 3 is 2.44 bits per heavy atom. The largest absolute Gasteiger partial charge is 0.504 e. The highest BCUT2D eigenvalue weighted by atomic mass is 19.4. The van der Waals surface area contributed by atoms with Crippen LogP contribution in [0.2, 0.25) is 0 Å². The fourth-order valence-electron chi connectivity index (χ4n) is 1.36. The topological polar surface area (TPSA) is 33.4 Å². The molecule has 2 rings (SSSR count). The van der Waals surface area contributed by atoms with Crippen molar-refractivity contribution < 1.29 is 22.7 Å². The van der Waals surface area contributed by atoms with Crippen molar-refractivity contribution in [3.8, 4) is 17.1 Å². The predicted molar refractivity (Wildman–Crippen MR) is 50.8 cm³/mol. The number of rotatable bonds is 1. The van der Waals surface area contributed by atoms with Crippen LogP contribution in [0, 0.1) is 0 Å². The summed E-state index contributed by atoms with van der Waals surface area (Å²) in [7, 11) is 0. The van der Waals surface area contributed by atoms with Gasteiger partial charge in [0.25, 0.3) is 0 Å². The van der Waals surface area contributed by atoms with E-state index in [-0.39, 0.29) is 17.1 Å². The highest BCUT2D eigenvalue weighted by molar-refractivity contribution is 5.64. The van der Waals surface area contributed by atoms with Gasteiger partial charge in [0.05, 0.1) is 11.8 Å². The quantitative estimate of drug-likeness (QED) is 0.807. The van der Waals surface area contributed by atoms with Gasteiger partial charge < -0.3 is 9.52 Å². The van der Waals surface area contributed by atoms with E-state index in [1.54, 1.807) is 0 Å². The highest BCUT2D eigenvalue weighted by Gasteiger charge is 2.30. The van der Waals surface area contributed by atoms with Crippen molar-refractivity contribution in [2.24, 2.45) is 0 Å². The number of hydrogen-bond donors (Lipinski definition) is 1. The van der Waals surface area contributed by atoms with Crippen molar-refractivity contribution in [3.63, 3.8) is 0 Å². The van der Waals surface area contributed by atoms with Crippen LogP contribution in [0.5, 0.6) is 5.75 Å². The zero-order valence-electron chi connectivity index (χ0n) is 7.95. The predicted octanol–water partition coefficient (Wildman–Crippen LogP) is 3.67. The molecule has 0 saturated heterocycles. The van der Waals surface area contributed by atoms with Gasteiger partial charge in [-0.2, -0.15) is 13.2 Å². The minimum Gasteiger partial charge on any atom is -0.504 e. The lowest BCUT2D eigenvalue weighted by molar-refractivity contribution is -0.137. The van der Waals surface area contributed by atoms with E-state index in [0.29, 0.717) is 0 Å². The van der Waals surface area contributed by atoms with Crippen LogP contribution < -0.4 is 0 Å². The summed E-state index contributed by atoms with van der Waals surface area (Å²) in [6.45, 7) is 0. The van der Waals surface area contributed by atoms with Crippen LogP contribution in [0.1, 0.15) is 5.56 Å². The van der Waals surface area contributed by atoms with E-state index < -0.39 is 11.7 Å². The van der Waals surface area contributed by atoms with E-state index in [4.69, 9.17) is 4.42 Å². The van der Waals surface area contributed by atoms with E-state index >= 15 is 0 Å². The molecule has 16 heavy (non-hydrogen) atoms. The molecular formula is C11H7F3O2. The zero-order valence-corrected chi connectivity index (χ0v) is 7.95. The van der Waals surface area contributed by atoms with Crippen LogP contribution in [0.4, 0.5) is 13.2 Å². The summed E-state index contributed by atoms with van der Waals surface area (Å²) in [5, 5.41) is 9.32. The number of benzene rings is 1. The number of hydrogen-bond acceptors (Lipinski definition) is 2. The van der Waals surface area contributed by atoms with Gasteiger partial charge in [0.1, 0.15) is 0 Å².